The molecule has 0 bridgehead atoms. The third-order valence-corrected chi connectivity index (χ3v) is 5.18. The summed E-state index contributed by atoms with van der Waals surface area (Å²) in [5.41, 5.74) is 0.593. The molecule has 1 saturated carbocycles. The highest BCUT2D eigenvalue weighted by Crippen LogP contribution is 2.35. The second kappa shape index (κ2) is 5.98. The van der Waals surface area contributed by atoms with Crippen LogP contribution in [0.4, 0.5) is 0 Å². The van der Waals surface area contributed by atoms with Crippen LogP contribution in [0, 0.1) is 0 Å². The van der Waals surface area contributed by atoms with Gasteiger partial charge in [0.25, 0.3) is 0 Å². The Balaban J connectivity index is 1.56. The van der Waals surface area contributed by atoms with E-state index in [1.54, 1.807) is 0 Å². The van der Waals surface area contributed by atoms with Crippen molar-refractivity contribution in [3.63, 3.8) is 0 Å². The highest BCUT2D eigenvalue weighted by atomic mass is 16.5. The first-order valence-electron chi connectivity index (χ1n) is 8.28. The lowest BCUT2D eigenvalue weighted by Crippen LogP contribution is -2.67. The molecule has 116 valence electrons. The minimum atomic E-state index is 0.216. The summed E-state index contributed by atoms with van der Waals surface area (Å²) in [5.74, 6) is 0.973. The number of hydrogen-bond acceptors (Lipinski definition) is 3. The monoisotopic (exact) mass is 288 g/mol. The van der Waals surface area contributed by atoms with Gasteiger partial charge in [-0.2, -0.15) is 0 Å². The molecule has 3 nitrogen and oxygen atoms in total. The van der Waals surface area contributed by atoms with Crippen molar-refractivity contribution in [2.45, 2.75) is 50.6 Å². The zero-order chi connectivity index (χ0) is 14.8. The van der Waals surface area contributed by atoms with E-state index in [1.165, 1.54) is 25.7 Å². The van der Waals surface area contributed by atoms with Gasteiger partial charge in [-0.3, -0.25) is 4.90 Å². The number of rotatable bonds is 4. The molecule has 1 spiro atoms. The number of nitrogens with one attached hydrogen (secondary N) is 1. The molecular formula is C18H28N2O. The van der Waals surface area contributed by atoms with E-state index >= 15 is 0 Å². The van der Waals surface area contributed by atoms with Gasteiger partial charge in [-0.05, 0) is 38.8 Å². The van der Waals surface area contributed by atoms with Crippen LogP contribution in [-0.2, 0) is 0 Å². The molecular weight excluding hydrogens is 260 g/mol. The summed E-state index contributed by atoms with van der Waals surface area (Å²) in [5, 5.41) is 3.84. The molecule has 1 aliphatic carbocycles. The van der Waals surface area contributed by atoms with Crippen LogP contribution < -0.4 is 10.1 Å². The van der Waals surface area contributed by atoms with E-state index in [0.717, 1.165) is 32.0 Å². The van der Waals surface area contributed by atoms with Crippen molar-refractivity contribution in [1.29, 1.82) is 0 Å². The third-order valence-electron chi connectivity index (χ3n) is 5.18. The van der Waals surface area contributed by atoms with Crippen LogP contribution in [0.5, 0.6) is 5.75 Å². The minimum Gasteiger partial charge on any atom is -0.492 e. The largest absolute Gasteiger partial charge is 0.492 e. The van der Waals surface area contributed by atoms with Gasteiger partial charge in [0.05, 0.1) is 0 Å². The van der Waals surface area contributed by atoms with Crippen molar-refractivity contribution in [3.05, 3.63) is 30.3 Å². The van der Waals surface area contributed by atoms with E-state index in [0.29, 0.717) is 5.54 Å². The van der Waals surface area contributed by atoms with Crippen molar-refractivity contribution in [3.8, 4) is 5.75 Å². The molecule has 2 fully saturated rings. The SMILES string of the molecule is CC1(C)CNC2(CCCC2)CN1CCOc1ccccc1. The lowest BCUT2D eigenvalue weighted by molar-refractivity contribution is 0.0191. The Bertz CT molecular complexity index is 452. The standard InChI is InChI=1S/C18H28N2O/c1-17(2)14-19-18(10-6-7-11-18)15-20(17)12-13-21-16-8-4-3-5-9-16/h3-5,8-9,19H,6-7,10-15H2,1-2H3. The summed E-state index contributed by atoms with van der Waals surface area (Å²) in [6.45, 7) is 8.69. The van der Waals surface area contributed by atoms with Crippen LogP contribution in [0.2, 0.25) is 0 Å². The summed E-state index contributed by atoms with van der Waals surface area (Å²) in [7, 11) is 0. The fraction of sp³-hybridized carbons (Fsp3) is 0.667. The first-order valence-corrected chi connectivity index (χ1v) is 8.28. The molecule has 3 heteroatoms. The first kappa shape index (κ1) is 14.9. The second-order valence-electron chi connectivity index (χ2n) is 7.24. The maximum Gasteiger partial charge on any atom is 0.119 e. The predicted molar refractivity (Wildman–Crippen MR) is 86.8 cm³/mol. The Morgan fingerprint density at radius 3 is 2.57 bits per heavy atom. The zero-order valence-electron chi connectivity index (χ0n) is 13.4. The Morgan fingerprint density at radius 2 is 1.86 bits per heavy atom. The summed E-state index contributed by atoms with van der Waals surface area (Å²) in [4.78, 5) is 2.62. The maximum atomic E-state index is 5.89. The Morgan fingerprint density at radius 1 is 1.14 bits per heavy atom. The zero-order valence-corrected chi connectivity index (χ0v) is 13.4. The third kappa shape index (κ3) is 3.41. The van der Waals surface area contributed by atoms with Crippen molar-refractivity contribution in [1.82, 2.24) is 10.2 Å². The molecule has 0 aromatic heterocycles. The van der Waals surface area contributed by atoms with E-state index in [1.807, 2.05) is 30.3 Å². The Kier molecular flexibility index (Phi) is 4.23. The normalized spacial score (nSPS) is 24.3. The van der Waals surface area contributed by atoms with Gasteiger partial charge in [0, 0.05) is 30.7 Å². The smallest absolute Gasteiger partial charge is 0.119 e. The Labute approximate surface area is 128 Å². The molecule has 0 radical (unpaired) electrons. The molecule has 1 aromatic carbocycles. The number of benzene rings is 1. The summed E-state index contributed by atoms with van der Waals surface area (Å²) < 4.78 is 5.89. The van der Waals surface area contributed by atoms with Crippen LogP contribution in [0.15, 0.2) is 30.3 Å². The maximum absolute atomic E-state index is 5.89. The van der Waals surface area contributed by atoms with Crippen LogP contribution in [0.1, 0.15) is 39.5 Å². The molecule has 21 heavy (non-hydrogen) atoms. The van der Waals surface area contributed by atoms with E-state index in [2.05, 4.69) is 24.1 Å². The topological polar surface area (TPSA) is 24.5 Å². The summed E-state index contributed by atoms with van der Waals surface area (Å²) in [6.07, 6.45) is 5.42. The molecule has 0 atom stereocenters. The highest BCUT2D eigenvalue weighted by Gasteiger charge is 2.43. The lowest BCUT2D eigenvalue weighted by Gasteiger charge is -2.51. The van der Waals surface area contributed by atoms with Crippen LogP contribution >= 0.6 is 0 Å². The molecule has 1 saturated heterocycles. The molecule has 1 N–H and O–H groups in total. The molecule has 3 rings (SSSR count). The predicted octanol–water partition coefficient (Wildman–Crippen LogP) is 3.06. The first-order chi connectivity index (χ1) is 10.1. The minimum absolute atomic E-state index is 0.216. The second-order valence-corrected chi connectivity index (χ2v) is 7.24. The number of piperazine rings is 1. The number of ether oxygens (including phenoxy) is 1. The van der Waals surface area contributed by atoms with Crippen molar-refractivity contribution >= 4 is 0 Å². The van der Waals surface area contributed by atoms with Gasteiger partial charge in [0.15, 0.2) is 0 Å². The quantitative estimate of drug-likeness (QED) is 0.921. The van der Waals surface area contributed by atoms with E-state index in [-0.39, 0.29) is 5.54 Å². The van der Waals surface area contributed by atoms with Crippen LogP contribution in [-0.4, -0.2) is 42.2 Å². The van der Waals surface area contributed by atoms with Crippen molar-refractivity contribution in [2.24, 2.45) is 0 Å². The van der Waals surface area contributed by atoms with E-state index in [4.69, 9.17) is 4.74 Å². The number of hydrogen-bond donors (Lipinski definition) is 1. The van der Waals surface area contributed by atoms with Crippen molar-refractivity contribution < 1.29 is 4.74 Å². The fourth-order valence-electron chi connectivity index (χ4n) is 3.71. The van der Waals surface area contributed by atoms with Gasteiger partial charge in [-0.25, -0.2) is 0 Å². The Hall–Kier alpha value is -1.06. The average molecular weight is 288 g/mol. The summed E-state index contributed by atoms with van der Waals surface area (Å²) in [6, 6.07) is 10.1. The van der Waals surface area contributed by atoms with Gasteiger partial charge >= 0.3 is 0 Å². The molecule has 1 heterocycles. The van der Waals surface area contributed by atoms with Gasteiger partial charge in [-0.1, -0.05) is 31.0 Å². The molecule has 1 aromatic rings. The molecule has 1 aliphatic heterocycles. The van der Waals surface area contributed by atoms with Crippen LogP contribution in [0.3, 0.4) is 0 Å². The molecule has 0 unspecified atom stereocenters. The number of nitrogens with zero attached hydrogens (tertiary/aromatic N) is 1. The lowest BCUT2D eigenvalue weighted by atomic mass is 9.87. The van der Waals surface area contributed by atoms with E-state index < -0.39 is 0 Å². The van der Waals surface area contributed by atoms with Gasteiger partial charge in [-0.15, -0.1) is 0 Å². The van der Waals surface area contributed by atoms with Gasteiger partial charge in [0.1, 0.15) is 12.4 Å². The van der Waals surface area contributed by atoms with Crippen LogP contribution in [0.25, 0.3) is 0 Å². The summed E-state index contributed by atoms with van der Waals surface area (Å²) >= 11 is 0. The van der Waals surface area contributed by atoms with Gasteiger partial charge in [0.2, 0.25) is 0 Å². The van der Waals surface area contributed by atoms with E-state index in [9.17, 15) is 0 Å². The molecule has 0 amide bonds. The highest BCUT2D eigenvalue weighted by molar-refractivity contribution is 5.20. The number of para-hydroxylation sites is 1. The van der Waals surface area contributed by atoms with Gasteiger partial charge < -0.3 is 10.1 Å². The molecule has 2 aliphatic rings. The fourth-order valence-corrected chi connectivity index (χ4v) is 3.71. The average Bonchev–Trinajstić information content (AvgIpc) is 2.93. The van der Waals surface area contributed by atoms with Crippen molar-refractivity contribution in [2.75, 3.05) is 26.2 Å².